The number of ether oxygens (including phenoxy) is 1. The van der Waals surface area contributed by atoms with Crippen LogP contribution in [0, 0.1) is 0 Å². The molecular formula is C37H42ClN3O5S2. The number of carbonyl (C=O) groups is 2. The molecule has 0 aliphatic heterocycles. The largest absolute Gasteiger partial charge is 0.492 e. The van der Waals surface area contributed by atoms with E-state index in [4.69, 9.17) is 16.3 Å². The number of amides is 2. The van der Waals surface area contributed by atoms with Crippen LogP contribution in [-0.4, -0.2) is 56.6 Å². The van der Waals surface area contributed by atoms with Gasteiger partial charge in [-0.2, -0.15) is 0 Å². The summed E-state index contributed by atoms with van der Waals surface area (Å²) in [5.41, 5.74) is 1.68. The Morgan fingerprint density at radius 1 is 0.896 bits per heavy atom. The molecule has 0 radical (unpaired) electrons. The first-order chi connectivity index (χ1) is 23.1. The molecule has 0 heterocycles. The van der Waals surface area contributed by atoms with Crippen molar-refractivity contribution in [2.45, 2.75) is 62.0 Å². The number of halogens is 1. The molecule has 1 N–H and O–H groups in total. The summed E-state index contributed by atoms with van der Waals surface area (Å²) in [5.74, 6) is -0.610. The number of nitrogens with zero attached hydrogens (tertiary/aromatic N) is 2. The Morgan fingerprint density at radius 2 is 1.54 bits per heavy atom. The van der Waals surface area contributed by atoms with E-state index in [1.807, 2.05) is 56.5 Å². The topological polar surface area (TPSA) is 96.0 Å². The standard InChI is InChI=1S/C37H42ClN3O5S2/c1-5-27(3)39-37(43)34(24-28-14-8-7-9-15-28)40(25-29-16-10-11-17-32(29)38)36(42)26-41(33-18-12-13-19-35(33)46-6-2)48(44,45)31-22-20-30(47-4)21-23-31/h7-23,27,34H,5-6,24-26H2,1-4H3,(H,39,43). The molecule has 0 saturated carbocycles. The quantitative estimate of drug-likeness (QED) is 0.124. The van der Waals surface area contributed by atoms with Crippen molar-refractivity contribution in [2.75, 3.05) is 23.7 Å². The van der Waals surface area contributed by atoms with Gasteiger partial charge in [0, 0.05) is 28.9 Å². The van der Waals surface area contributed by atoms with Gasteiger partial charge in [-0.15, -0.1) is 11.8 Å². The van der Waals surface area contributed by atoms with Crippen LogP contribution in [-0.2, 0) is 32.6 Å². The number of hydrogen-bond acceptors (Lipinski definition) is 6. The number of thioether (sulfide) groups is 1. The molecule has 8 nitrogen and oxygen atoms in total. The molecule has 0 saturated heterocycles. The summed E-state index contributed by atoms with van der Waals surface area (Å²) < 4.78 is 35.8. The summed E-state index contributed by atoms with van der Waals surface area (Å²) in [7, 11) is -4.29. The molecule has 254 valence electrons. The van der Waals surface area contributed by atoms with E-state index in [9.17, 15) is 18.0 Å². The highest BCUT2D eigenvalue weighted by atomic mass is 35.5. The Bertz CT molecular complexity index is 1770. The molecule has 2 atom stereocenters. The number of para-hydroxylation sites is 2. The highest BCUT2D eigenvalue weighted by molar-refractivity contribution is 7.98. The summed E-state index contributed by atoms with van der Waals surface area (Å²) in [4.78, 5) is 31.1. The third-order valence-corrected chi connectivity index (χ3v) is 10.8. The molecule has 4 rings (SSSR count). The van der Waals surface area contributed by atoms with Crippen molar-refractivity contribution in [2.24, 2.45) is 0 Å². The van der Waals surface area contributed by atoms with E-state index in [0.29, 0.717) is 22.8 Å². The molecule has 0 spiro atoms. The van der Waals surface area contributed by atoms with E-state index in [1.54, 1.807) is 61.5 Å². The van der Waals surface area contributed by atoms with E-state index in [0.717, 1.165) is 14.8 Å². The first-order valence-electron chi connectivity index (χ1n) is 15.8. The Labute approximate surface area is 293 Å². The average Bonchev–Trinajstić information content (AvgIpc) is 3.10. The SMILES string of the molecule is CCOc1ccccc1N(CC(=O)N(Cc1ccccc1Cl)C(Cc1ccccc1)C(=O)NC(C)CC)S(=O)(=O)c1ccc(SC)cc1. The van der Waals surface area contributed by atoms with Crippen molar-refractivity contribution >= 4 is 50.9 Å². The van der Waals surface area contributed by atoms with Gasteiger partial charge in [0.2, 0.25) is 11.8 Å². The van der Waals surface area contributed by atoms with Crippen molar-refractivity contribution in [1.29, 1.82) is 0 Å². The second-order valence-corrected chi connectivity index (χ2v) is 14.4. The van der Waals surface area contributed by atoms with Gasteiger partial charge in [0.25, 0.3) is 10.0 Å². The highest BCUT2D eigenvalue weighted by Gasteiger charge is 2.36. The van der Waals surface area contributed by atoms with E-state index in [-0.39, 0.29) is 42.1 Å². The minimum atomic E-state index is -4.29. The summed E-state index contributed by atoms with van der Waals surface area (Å²) in [6.07, 6.45) is 2.80. The Morgan fingerprint density at radius 3 is 2.19 bits per heavy atom. The molecule has 11 heteroatoms. The monoisotopic (exact) mass is 707 g/mol. The molecule has 2 amide bonds. The Hall–Kier alpha value is -3.99. The van der Waals surface area contributed by atoms with Gasteiger partial charge in [-0.3, -0.25) is 13.9 Å². The van der Waals surface area contributed by atoms with Gasteiger partial charge in [0.1, 0.15) is 18.3 Å². The first kappa shape index (κ1) is 36.8. The average molecular weight is 708 g/mol. The number of rotatable bonds is 16. The minimum Gasteiger partial charge on any atom is -0.492 e. The van der Waals surface area contributed by atoms with Crippen molar-refractivity contribution < 1.29 is 22.7 Å². The van der Waals surface area contributed by atoms with Gasteiger partial charge in [-0.05, 0) is 80.1 Å². The van der Waals surface area contributed by atoms with Crippen LogP contribution in [0.3, 0.4) is 0 Å². The van der Waals surface area contributed by atoms with Gasteiger partial charge >= 0.3 is 0 Å². The van der Waals surface area contributed by atoms with Crippen LogP contribution >= 0.6 is 23.4 Å². The molecule has 4 aromatic rings. The van der Waals surface area contributed by atoms with Crippen LogP contribution in [0.1, 0.15) is 38.3 Å². The van der Waals surface area contributed by atoms with Crippen LogP contribution in [0.15, 0.2) is 113 Å². The zero-order chi connectivity index (χ0) is 34.7. The molecule has 0 aliphatic rings. The van der Waals surface area contributed by atoms with Crippen molar-refractivity contribution in [3.8, 4) is 5.75 Å². The molecule has 48 heavy (non-hydrogen) atoms. The van der Waals surface area contributed by atoms with Gasteiger partial charge < -0.3 is 15.0 Å². The number of carbonyl (C=O) groups excluding carboxylic acids is 2. The predicted molar refractivity (Wildman–Crippen MR) is 194 cm³/mol. The van der Waals surface area contributed by atoms with Gasteiger partial charge in [0.05, 0.1) is 17.2 Å². The number of benzene rings is 4. The van der Waals surface area contributed by atoms with Crippen LogP contribution < -0.4 is 14.4 Å². The van der Waals surface area contributed by atoms with Crippen molar-refractivity contribution in [3.63, 3.8) is 0 Å². The van der Waals surface area contributed by atoms with E-state index in [1.165, 1.54) is 28.8 Å². The van der Waals surface area contributed by atoms with Gasteiger partial charge in [-0.25, -0.2) is 8.42 Å². The summed E-state index contributed by atoms with van der Waals surface area (Å²) in [6, 6.07) is 28.7. The van der Waals surface area contributed by atoms with E-state index in [2.05, 4.69) is 5.32 Å². The third-order valence-electron chi connectivity index (χ3n) is 7.93. The Kier molecular flexibility index (Phi) is 13.4. The van der Waals surface area contributed by atoms with E-state index >= 15 is 0 Å². The smallest absolute Gasteiger partial charge is 0.264 e. The lowest BCUT2D eigenvalue weighted by Gasteiger charge is -2.34. The summed E-state index contributed by atoms with van der Waals surface area (Å²) in [5, 5.41) is 3.47. The molecule has 4 aromatic carbocycles. The highest BCUT2D eigenvalue weighted by Crippen LogP contribution is 2.33. The van der Waals surface area contributed by atoms with Crippen molar-refractivity contribution in [1.82, 2.24) is 10.2 Å². The molecular weight excluding hydrogens is 666 g/mol. The maximum atomic E-state index is 14.7. The number of hydrogen-bond donors (Lipinski definition) is 1. The molecule has 0 fully saturated rings. The van der Waals surface area contributed by atoms with Crippen molar-refractivity contribution in [3.05, 3.63) is 119 Å². The zero-order valence-corrected chi connectivity index (χ0v) is 30.0. The molecule has 0 aliphatic carbocycles. The minimum absolute atomic E-state index is 0.0205. The predicted octanol–water partition coefficient (Wildman–Crippen LogP) is 7.21. The summed E-state index contributed by atoms with van der Waals surface area (Å²) >= 11 is 8.09. The normalized spacial score (nSPS) is 12.5. The molecule has 2 unspecified atom stereocenters. The molecule has 0 aromatic heterocycles. The van der Waals surface area contributed by atoms with Gasteiger partial charge in [-0.1, -0.05) is 79.2 Å². The van der Waals surface area contributed by atoms with Crippen LogP contribution in [0.25, 0.3) is 0 Å². The van der Waals surface area contributed by atoms with E-state index < -0.39 is 28.5 Å². The first-order valence-corrected chi connectivity index (χ1v) is 18.9. The fraction of sp³-hybridized carbons (Fsp3) is 0.297. The fourth-order valence-electron chi connectivity index (χ4n) is 5.13. The van der Waals surface area contributed by atoms with Crippen LogP contribution in [0.4, 0.5) is 5.69 Å². The lowest BCUT2D eigenvalue weighted by Crippen LogP contribution is -2.54. The van der Waals surface area contributed by atoms with Gasteiger partial charge in [0.15, 0.2) is 0 Å². The Balaban J connectivity index is 1.85. The number of nitrogens with one attached hydrogen (secondary N) is 1. The number of anilines is 1. The lowest BCUT2D eigenvalue weighted by atomic mass is 10.0. The fourth-order valence-corrected chi connectivity index (χ4v) is 7.16. The number of sulfonamides is 1. The zero-order valence-electron chi connectivity index (χ0n) is 27.6. The summed E-state index contributed by atoms with van der Waals surface area (Å²) in [6.45, 7) is 5.34. The second kappa shape index (κ2) is 17.4. The third kappa shape index (κ3) is 9.33. The lowest BCUT2D eigenvalue weighted by molar-refractivity contribution is -0.140. The maximum absolute atomic E-state index is 14.7. The van der Waals surface area contributed by atoms with Crippen LogP contribution in [0.5, 0.6) is 5.75 Å². The maximum Gasteiger partial charge on any atom is 0.264 e. The second-order valence-electron chi connectivity index (χ2n) is 11.2. The molecule has 0 bridgehead atoms. The van der Waals surface area contributed by atoms with Crippen LogP contribution in [0.2, 0.25) is 5.02 Å².